The number of guanidine groups is 1. The summed E-state index contributed by atoms with van der Waals surface area (Å²) in [5.41, 5.74) is 3.86. The number of ether oxygens (including phenoxy) is 1. The number of nitrogens with zero attached hydrogens (tertiary/aromatic N) is 5. The lowest BCUT2D eigenvalue weighted by molar-refractivity contribution is -0.135. The summed E-state index contributed by atoms with van der Waals surface area (Å²) in [6.07, 6.45) is 0. The first-order valence-electron chi connectivity index (χ1n) is 11.4. The number of anilines is 2. The molecule has 1 unspecified atom stereocenters. The fraction of sp³-hybridized carbons (Fsp3) is 0.111. The Morgan fingerprint density at radius 2 is 1.69 bits per heavy atom. The highest BCUT2D eigenvalue weighted by Gasteiger charge is 2.46. The molecule has 9 heteroatoms. The minimum absolute atomic E-state index is 0.0472. The van der Waals surface area contributed by atoms with Gasteiger partial charge in [-0.05, 0) is 36.8 Å². The molecule has 3 heterocycles. The van der Waals surface area contributed by atoms with Crippen molar-refractivity contribution in [1.29, 1.82) is 0 Å². The molecular weight excluding hydrogens is 478 g/mol. The molecule has 1 aromatic heterocycles. The average molecular weight is 498 g/mol. The molecule has 2 aliphatic heterocycles. The van der Waals surface area contributed by atoms with Gasteiger partial charge >= 0.3 is 5.97 Å². The van der Waals surface area contributed by atoms with Crippen LogP contribution in [0.3, 0.4) is 0 Å². The number of aliphatic imine (C=N–C) groups is 1. The molecule has 0 saturated heterocycles. The van der Waals surface area contributed by atoms with E-state index in [-0.39, 0.29) is 12.4 Å². The number of carbonyl (C=O) groups excluding carboxylic acids is 1. The van der Waals surface area contributed by atoms with Gasteiger partial charge in [0.1, 0.15) is 11.7 Å². The van der Waals surface area contributed by atoms with E-state index in [4.69, 9.17) is 25.9 Å². The van der Waals surface area contributed by atoms with Crippen molar-refractivity contribution in [2.24, 2.45) is 10.1 Å². The summed E-state index contributed by atoms with van der Waals surface area (Å²) in [4.78, 5) is 19.7. The third kappa shape index (κ3) is 3.63. The van der Waals surface area contributed by atoms with Crippen molar-refractivity contribution in [3.63, 3.8) is 0 Å². The van der Waals surface area contributed by atoms with Crippen LogP contribution in [0.1, 0.15) is 24.1 Å². The lowest BCUT2D eigenvalue weighted by atomic mass is 9.95. The van der Waals surface area contributed by atoms with Gasteiger partial charge in [-0.1, -0.05) is 77.4 Å². The van der Waals surface area contributed by atoms with Crippen LogP contribution in [0, 0.1) is 0 Å². The summed E-state index contributed by atoms with van der Waals surface area (Å²) in [6.45, 7) is 1.95. The number of para-hydroxylation sites is 1. The third-order valence-corrected chi connectivity index (χ3v) is 6.17. The van der Waals surface area contributed by atoms with Crippen LogP contribution in [-0.2, 0) is 9.53 Å². The first-order valence-corrected chi connectivity index (χ1v) is 11.8. The zero-order valence-electron chi connectivity index (χ0n) is 19.2. The molecule has 6 rings (SSSR count). The van der Waals surface area contributed by atoms with Crippen LogP contribution in [0.25, 0.3) is 11.3 Å². The van der Waals surface area contributed by atoms with E-state index in [0.29, 0.717) is 22.6 Å². The Morgan fingerprint density at radius 3 is 2.39 bits per heavy atom. The largest absolute Gasteiger partial charge is 0.460 e. The highest BCUT2D eigenvalue weighted by atomic mass is 35.5. The summed E-state index contributed by atoms with van der Waals surface area (Å²) in [6, 6.07) is 26.2. The van der Waals surface area contributed by atoms with Crippen molar-refractivity contribution in [2.75, 3.05) is 16.5 Å². The number of hydrogen-bond donors (Lipinski definition) is 0. The number of rotatable bonds is 5. The van der Waals surface area contributed by atoms with Crippen LogP contribution in [-0.4, -0.2) is 29.5 Å². The number of fused-ring (bicyclic) bond motifs is 3. The molecule has 0 amide bonds. The van der Waals surface area contributed by atoms with Gasteiger partial charge in [-0.15, -0.1) is 5.10 Å². The zero-order chi connectivity index (χ0) is 24.6. The van der Waals surface area contributed by atoms with E-state index < -0.39 is 12.0 Å². The minimum Gasteiger partial charge on any atom is -0.460 e. The lowest BCUT2D eigenvalue weighted by Gasteiger charge is -2.28. The number of halogens is 1. The van der Waals surface area contributed by atoms with E-state index in [0.717, 1.165) is 22.4 Å². The number of aromatic nitrogens is 1. The summed E-state index contributed by atoms with van der Waals surface area (Å²) >= 11 is 6.18. The van der Waals surface area contributed by atoms with Gasteiger partial charge in [0.2, 0.25) is 17.7 Å². The van der Waals surface area contributed by atoms with Gasteiger partial charge in [0.15, 0.2) is 0 Å². The summed E-state index contributed by atoms with van der Waals surface area (Å²) < 4.78 is 11.2. The molecule has 3 aromatic carbocycles. The Bertz CT molecular complexity index is 1480. The maximum absolute atomic E-state index is 13.0. The normalized spacial score (nSPS) is 16.2. The van der Waals surface area contributed by atoms with Gasteiger partial charge in [-0.25, -0.2) is 14.7 Å². The van der Waals surface area contributed by atoms with Crippen molar-refractivity contribution in [2.45, 2.75) is 13.0 Å². The molecule has 36 heavy (non-hydrogen) atoms. The highest BCUT2D eigenvalue weighted by molar-refractivity contribution is 6.50. The van der Waals surface area contributed by atoms with Gasteiger partial charge in [0.05, 0.1) is 17.9 Å². The maximum Gasteiger partial charge on any atom is 0.376 e. The van der Waals surface area contributed by atoms with E-state index in [1.807, 2.05) is 84.9 Å². The smallest absolute Gasteiger partial charge is 0.376 e. The second-order valence-electron chi connectivity index (χ2n) is 8.13. The van der Waals surface area contributed by atoms with E-state index in [1.54, 1.807) is 16.8 Å². The van der Waals surface area contributed by atoms with E-state index in [1.165, 1.54) is 0 Å². The Morgan fingerprint density at radius 1 is 1.00 bits per heavy atom. The second-order valence-corrected chi connectivity index (χ2v) is 8.56. The number of esters is 1. The molecule has 0 fully saturated rings. The van der Waals surface area contributed by atoms with E-state index in [2.05, 4.69) is 10.3 Å². The quantitative estimate of drug-likeness (QED) is 0.331. The number of hydrazone groups is 1. The van der Waals surface area contributed by atoms with Gasteiger partial charge < -0.3 is 9.26 Å². The molecule has 0 radical (unpaired) electrons. The molecular formula is C27H20ClN5O3. The standard InChI is InChI=1S/C27H20ClN5O3/c1-2-35-26(34)24-30-33(20-11-7-4-8-12-20)27-29-22(18-13-15-19(28)16-14-18)21-23(17-9-5-3-6-10-17)31-36-25(21)32(24)27/h3-16,22H,2H2,1H3. The Kier molecular flexibility index (Phi) is 5.50. The molecule has 0 saturated carbocycles. The molecule has 178 valence electrons. The topological polar surface area (TPSA) is 83.5 Å². The number of carbonyl (C=O) groups is 1. The highest BCUT2D eigenvalue weighted by Crippen LogP contribution is 2.46. The fourth-order valence-corrected chi connectivity index (χ4v) is 4.44. The number of amidine groups is 1. The van der Waals surface area contributed by atoms with Crippen LogP contribution >= 0.6 is 11.6 Å². The molecule has 0 bridgehead atoms. The molecule has 0 aliphatic carbocycles. The van der Waals surface area contributed by atoms with E-state index in [9.17, 15) is 4.79 Å². The van der Waals surface area contributed by atoms with E-state index >= 15 is 0 Å². The van der Waals surface area contributed by atoms with Crippen molar-refractivity contribution >= 4 is 40.9 Å². The zero-order valence-corrected chi connectivity index (χ0v) is 20.0. The molecule has 2 aliphatic rings. The third-order valence-electron chi connectivity index (χ3n) is 5.92. The Balaban J connectivity index is 1.58. The average Bonchev–Trinajstić information content (AvgIpc) is 3.52. The first kappa shape index (κ1) is 22.1. The Hall–Kier alpha value is -4.43. The minimum atomic E-state index is -0.586. The fourth-order valence-electron chi connectivity index (χ4n) is 4.31. The van der Waals surface area contributed by atoms with Gasteiger partial charge in [0.25, 0.3) is 0 Å². The first-order chi connectivity index (χ1) is 17.7. The predicted octanol–water partition coefficient (Wildman–Crippen LogP) is 5.66. The summed E-state index contributed by atoms with van der Waals surface area (Å²) in [5.74, 6) is 0.236. The van der Waals surface area contributed by atoms with Crippen molar-refractivity contribution in [1.82, 2.24) is 5.16 Å². The Labute approximate surface area is 212 Å². The summed E-state index contributed by atoms with van der Waals surface area (Å²) in [7, 11) is 0. The SMILES string of the molecule is CCOC(=O)C1=NN(c2ccccc2)C2=NC(c3ccc(Cl)cc3)c3c(-c4ccccc4)noc3N12. The van der Waals surface area contributed by atoms with Gasteiger partial charge in [-0.2, -0.15) is 5.01 Å². The van der Waals surface area contributed by atoms with Crippen LogP contribution < -0.4 is 9.91 Å². The monoisotopic (exact) mass is 497 g/mol. The van der Waals surface area contributed by atoms with Gasteiger partial charge in [-0.3, -0.25) is 0 Å². The predicted molar refractivity (Wildman–Crippen MR) is 138 cm³/mol. The van der Waals surface area contributed by atoms with Crippen molar-refractivity contribution in [3.8, 4) is 11.3 Å². The van der Waals surface area contributed by atoms with Crippen molar-refractivity contribution in [3.05, 3.63) is 101 Å². The van der Waals surface area contributed by atoms with Gasteiger partial charge in [0, 0.05) is 10.6 Å². The molecule has 0 N–H and O–H groups in total. The summed E-state index contributed by atoms with van der Waals surface area (Å²) in [5, 5.41) is 11.3. The molecule has 0 spiro atoms. The lowest BCUT2D eigenvalue weighted by Crippen LogP contribution is -2.43. The number of hydrogen-bond acceptors (Lipinski definition) is 8. The van der Waals surface area contributed by atoms with Crippen LogP contribution in [0.15, 0.2) is 99.5 Å². The second kappa shape index (κ2) is 8.98. The number of benzene rings is 3. The van der Waals surface area contributed by atoms with Crippen LogP contribution in [0.5, 0.6) is 0 Å². The molecule has 1 atom stereocenters. The van der Waals surface area contributed by atoms with Crippen LogP contribution in [0.2, 0.25) is 5.02 Å². The van der Waals surface area contributed by atoms with Crippen molar-refractivity contribution < 1.29 is 14.1 Å². The van der Waals surface area contributed by atoms with Crippen LogP contribution in [0.4, 0.5) is 11.6 Å². The molecule has 8 nitrogen and oxygen atoms in total. The molecule has 4 aromatic rings. The maximum atomic E-state index is 13.0.